The van der Waals surface area contributed by atoms with Gasteiger partial charge in [-0.25, -0.2) is 0 Å². The third-order valence-corrected chi connectivity index (χ3v) is 2.18. The number of hydrogen-bond donors (Lipinski definition) is 1. The molecule has 1 fully saturated rings. The average molecular weight is 181 g/mol. The second kappa shape index (κ2) is 2.85. The van der Waals surface area contributed by atoms with Gasteiger partial charge in [-0.2, -0.15) is 5.10 Å². The molecule has 0 aromatic carbocycles. The van der Waals surface area contributed by atoms with E-state index < -0.39 is 6.10 Å². The summed E-state index contributed by atoms with van der Waals surface area (Å²) in [5.74, 6) is 0.692. The van der Waals surface area contributed by atoms with Gasteiger partial charge in [0.15, 0.2) is 0 Å². The van der Waals surface area contributed by atoms with Gasteiger partial charge in [-0.15, -0.1) is 0 Å². The minimum Gasteiger partial charge on any atom is -0.391 e. The van der Waals surface area contributed by atoms with Gasteiger partial charge in [0.25, 0.3) is 0 Å². The van der Waals surface area contributed by atoms with Crippen molar-refractivity contribution in [1.82, 2.24) is 9.78 Å². The maximum atomic E-state index is 11.4. The quantitative estimate of drug-likeness (QED) is 0.636. The SMILES string of the molecule is Cn1nccc1N1CC(O)CC1=O. The van der Waals surface area contributed by atoms with Crippen LogP contribution >= 0.6 is 0 Å². The van der Waals surface area contributed by atoms with E-state index in [1.165, 1.54) is 0 Å². The molecule has 1 N–H and O–H groups in total. The predicted octanol–water partition coefficient (Wildman–Crippen LogP) is -0.482. The topological polar surface area (TPSA) is 58.4 Å². The van der Waals surface area contributed by atoms with E-state index in [-0.39, 0.29) is 12.3 Å². The second-order valence-corrected chi connectivity index (χ2v) is 3.18. The van der Waals surface area contributed by atoms with E-state index in [4.69, 9.17) is 0 Å². The lowest BCUT2D eigenvalue weighted by molar-refractivity contribution is -0.117. The van der Waals surface area contributed by atoms with Gasteiger partial charge in [0.05, 0.1) is 25.3 Å². The third kappa shape index (κ3) is 1.31. The molecule has 2 heterocycles. The van der Waals surface area contributed by atoms with Crippen LogP contribution in [-0.2, 0) is 11.8 Å². The van der Waals surface area contributed by atoms with Gasteiger partial charge in [-0.3, -0.25) is 14.4 Å². The minimum atomic E-state index is -0.539. The van der Waals surface area contributed by atoms with E-state index in [9.17, 15) is 9.90 Å². The first-order valence-corrected chi connectivity index (χ1v) is 4.15. The van der Waals surface area contributed by atoms with Crippen LogP contribution in [0.15, 0.2) is 12.3 Å². The van der Waals surface area contributed by atoms with Crippen molar-refractivity contribution in [3.8, 4) is 0 Å². The van der Waals surface area contributed by atoms with Crippen molar-refractivity contribution >= 4 is 11.7 Å². The lowest BCUT2D eigenvalue weighted by Crippen LogP contribution is -2.27. The largest absolute Gasteiger partial charge is 0.391 e. The van der Waals surface area contributed by atoms with Crippen LogP contribution in [0.25, 0.3) is 0 Å². The lowest BCUT2D eigenvalue weighted by Gasteiger charge is -2.14. The summed E-state index contributed by atoms with van der Waals surface area (Å²) in [4.78, 5) is 12.9. The number of hydrogen-bond acceptors (Lipinski definition) is 3. The fourth-order valence-corrected chi connectivity index (χ4v) is 1.54. The molecule has 0 spiro atoms. The molecule has 1 amide bonds. The van der Waals surface area contributed by atoms with Crippen molar-refractivity contribution in [2.45, 2.75) is 12.5 Å². The Hall–Kier alpha value is -1.36. The third-order valence-electron chi connectivity index (χ3n) is 2.18. The van der Waals surface area contributed by atoms with Crippen LogP contribution in [0.2, 0.25) is 0 Å². The van der Waals surface area contributed by atoms with E-state index in [1.54, 1.807) is 28.9 Å². The molecule has 70 valence electrons. The van der Waals surface area contributed by atoms with Gasteiger partial charge >= 0.3 is 0 Å². The Kier molecular flexibility index (Phi) is 1.81. The first-order chi connectivity index (χ1) is 6.18. The fourth-order valence-electron chi connectivity index (χ4n) is 1.54. The van der Waals surface area contributed by atoms with Crippen LogP contribution in [0.1, 0.15) is 6.42 Å². The van der Waals surface area contributed by atoms with Gasteiger partial charge < -0.3 is 5.11 Å². The summed E-state index contributed by atoms with van der Waals surface area (Å²) >= 11 is 0. The Morgan fingerprint density at radius 2 is 2.46 bits per heavy atom. The molecule has 0 bridgehead atoms. The summed E-state index contributed by atoms with van der Waals surface area (Å²) in [6.07, 6.45) is 1.31. The van der Waals surface area contributed by atoms with Crippen LogP contribution < -0.4 is 4.90 Å². The number of aryl methyl sites for hydroxylation is 1. The number of carbonyl (C=O) groups excluding carboxylic acids is 1. The van der Waals surface area contributed by atoms with Crippen LogP contribution in [0.3, 0.4) is 0 Å². The molecule has 13 heavy (non-hydrogen) atoms. The number of aromatic nitrogens is 2. The van der Waals surface area contributed by atoms with Gasteiger partial charge in [0.2, 0.25) is 5.91 Å². The molecule has 1 atom stereocenters. The predicted molar refractivity (Wildman–Crippen MR) is 46.2 cm³/mol. The van der Waals surface area contributed by atoms with Crippen LogP contribution in [-0.4, -0.2) is 33.4 Å². The Labute approximate surface area is 75.6 Å². The van der Waals surface area contributed by atoms with Crippen molar-refractivity contribution in [3.05, 3.63) is 12.3 Å². The Balaban J connectivity index is 2.27. The fraction of sp³-hybridized carbons (Fsp3) is 0.500. The summed E-state index contributed by atoms with van der Waals surface area (Å²) in [5.41, 5.74) is 0. The van der Waals surface area contributed by atoms with E-state index in [0.29, 0.717) is 6.54 Å². The molecule has 1 aromatic rings. The number of aliphatic hydroxyl groups is 1. The number of aliphatic hydroxyl groups excluding tert-OH is 1. The summed E-state index contributed by atoms with van der Waals surface area (Å²) in [6, 6.07) is 1.76. The van der Waals surface area contributed by atoms with Crippen LogP contribution in [0.5, 0.6) is 0 Å². The number of β-amino-alcohol motifs (C(OH)–C–C–N with tert-alkyl or cyclic N) is 1. The zero-order chi connectivity index (χ0) is 9.42. The molecular weight excluding hydrogens is 170 g/mol. The van der Waals surface area contributed by atoms with Crippen molar-refractivity contribution in [3.63, 3.8) is 0 Å². The molecule has 0 saturated carbocycles. The van der Waals surface area contributed by atoms with Gasteiger partial charge in [0, 0.05) is 13.1 Å². The number of rotatable bonds is 1. The summed E-state index contributed by atoms with van der Waals surface area (Å²) in [6.45, 7) is 0.373. The van der Waals surface area contributed by atoms with Crippen molar-refractivity contribution in [1.29, 1.82) is 0 Å². The average Bonchev–Trinajstić information content (AvgIpc) is 2.58. The Morgan fingerprint density at radius 1 is 1.69 bits per heavy atom. The summed E-state index contributed by atoms with van der Waals surface area (Å²) < 4.78 is 1.62. The Morgan fingerprint density at radius 3 is 2.92 bits per heavy atom. The first kappa shape index (κ1) is 8.25. The van der Waals surface area contributed by atoms with Gasteiger partial charge in [0.1, 0.15) is 5.82 Å². The van der Waals surface area contributed by atoms with Crippen molar-refractivity contribution < 1.29 is 9.90 Å². The highest BCUT2D eigenvalue weighted by atomic mass is 16.3. The number of amides is 1. The normalized spacial score (nSPS) is 22.8. The molecule has 5 nitrogen and oxygen atoms in total. The molecule has 0 radical (unpaired) electrons. The smallest absolute Gasteiger partial charge is 0.230 e. The number of nitrogens with zero attached hydrogens (tertiary/aromatic N) is 3. The highest BCUT2D eigenvalue weighted by Crippen LogP contribution is 2.19. The standard InChI is InChI=1S/C8H11N3O2/c1-10-7(2-3-9-10)11-5-6(12)4-8(11)13/h2-3,6,12H,4-5H2,1H3. The van der Waals surface area contributed by atoms with Crippen LogP contribution in [0.4, 0.5) is 5.82 Å². The maximum Gasteiger partial charge on any atom is 0.230 e. The second-order valence-electron chi connectivity index (χ2n) is 3.18. The zero-order valence-corrected chi connectivity index (χ0v) is 7.34. The van der Waals surface area contributed by atoms with E-state index in [2.05, 4.69) is 5.10 Å². The molecule has 0 aliphatic carbocycles. The molecule has 1 aliphatic rings. The molecule has 1 saturated heterocycles. The number of anilines is 1. The molecule has 5 heteroatoms. The molecule has 2 rings (SSSR count). The van der Waals surface area contributed by atoms with Gasteiger partial charge in [-0.1, -0.05) is 0 Å². The van der Waals surface area contributed by atoms with Crippen LogP contribution in [0, 0.1) is 0 Å². The maximum absolute atomic E-state index is 11.4. The molecule has 1 aliphatic heterocycles. The summed E-state index contributed by atoms with van der Waals surface area (Å²) in [7, 11) is 1.77. The monoisotopic (exact) mass is 181 g/mol. The Bertz CT molecular complexity index is 334. The van der Waals surface area contributed by atoms with Crippen molar-refractivity contribution in [2.75, 3.05) is 11.4 Å². The van der Waals surface area contributed by atoms with Crippen molar-refractivity contribution in [2.24, 2.45) is 7.05 Å². The first-order valence-electron chi connectivity index (χ1n) is 4.15. The highest BCUT2D eigenvalue weighted by molar-refractivity contribution is 5.95. The van der Waals surface area contributed by atoms with E-state index >= 15 is 0 Å². The molecule has 1 aromatic heterocycles. The zero-order valence-electron chi connectivity index (χ0n) is 7.34. The lowest BCUT2D eigenvalue weighted by atomic mass is 10.3. The van der Waals surface area contributed by atoms with E-state index in [1.807, 2.05) is 0 Å². The number of carbonyl (C=O) groups is 1. The highest BCUT2D eigenvalue weighted by Gasteiger charge is 2.30. The minimum absolute atomic E-state index is 0.0453. The molecular formula is C8H11N3O2. The van der Waals surface area contributed by atoms with E-state index in [0.717, 1.165) is 5.82 Å². The molecule has 1 unspecified atom stereocenters. The summed E-state index contributed by atoms with van der Waals surface area (Å²) in [5, 5.41) is 13.2. The van der Waals surface area contributed by atoms with Gasteiger partial charge in [-0.05, 0) is 0 Å².